The van der Waals surface area contributed by atoms with Gasteiger partial charge in [0.15, 0.2) is 5.78 Å². The van der Waals surface area contributed by atoms with Crippen molar-refractivity contribution in [3.63, 3.8) is 0 Å². The van der Waals surface area contributed by atoms with E-state index in [1.54, 1.807) is 31.4 Å². The van der Waals surface area contributed by atoms with Crippen LogP contribution in [-0.4, -0.2) is 39.0 Å². The number of aliphatic hydroxyl groups excluding tert-OH is 1. The third-order valence-corrected chi connectivity index (χ3v) is 7.32. The Morgan fingerprint density at radius 3 is 2.21 bits per heavy atom. The summed E-state index contributed by atoms with van der Waals surface area (Å²) in [4.78, 5) is 13.0. The molecule has 0 radical (unpaired) electrons. The summed E-state index contributed by atoms with van der Waals surface area (Å²) in [6.07, 6.45) is 0.524. The summed E-state index contributed by atoms with van der Waals surface area (Å²) in [6, 6.07) is 26.3. The first-order valence-corrected chi connectivity index (χ1v) is 13.4. The fourth-order valence-electron chi connectivity index (χ4n) is 5.84. The number of carbonyl (C=O) groups is 1. The van der Waals surface area contributed by atoms with E-state index in [0.29, 0.717) is 11.1 Å². The van der Waals surface area contributed by atoms with E-state index in [2.05, 4.69) is 33.8 Å². The number of aromatic nitrogens is 2. The van der Waals surface area contributed by atoms with Gasteiger partial charge in [-0.1, -0.05) is 66.7 Å². The third-order valence-electron chi connectivity index (χ3n) is 7.32. The molecule has 0 saturated carbocycles. The van der Waals surface area contributed by atoms with Crippen molar-refractivity contribution in [3.8, 4) is 22.7 Å². The standard InChI is InChI=1S/C33H36N2O4/c1-32(2)20-25(21-33(3,4)39-32)26-19-28(35(34-26)27-13-9-10-14-29(27)38-5)22-15-17-24(18-16-22)31(37)30(36)23-11-7-6-8-12-23/h6-19,25,30,36H,20-21H2,1-5H3. The molecule has 0 amide bonds. The van der Waals surface area contributed by atoms with Crippen LogP contribution in [0.3, 0.4) is 0 Å². The monoisotopic (exact) mass is 524 g/mol. The average molecular weight is 525 g/mol. The van der Waals surface area contributed by atoms with Gasteiger partial charge >= 0.3 is 0 Å². The normalized spacial score (nSPS) is 17.5. The average Bonchev–Trinajstić information content (AvgIpc) is 3.36. The van der Waals surface area contributed by atoms with Gasteiger partial charge in [-0.3, -0.25) is 4.79 Å². The zero-order chi connectivity index (χ0) is 27.8. The fourth-order valence-corrected chi connectivity index (χ4v) is 5.84. The van der Waals surface area contributed by atoms with E-state index in [0.717, 1.165) is 41.2 Å². The molecule has 4 aromatic rings. The molecule has 0 bridgehead atoms. The molecular weight excluding hydrogens is 488 g/mol. The Hall–Kier alpha value is -3.74. The number of methoxy groups -OCH3 is 1. The summed E-state index contributed by atoms with van der Waals surface area (Å²) in [7, 11) is 1.66. The molecule has 1 aromatic heterocycles. The SMILES string of the molecule is COc1ccccc1-n1nc(C2CC(C)(C)OC(C)(C)C2)cc1-c1ccc(C(=O)C(O)c2ccccc2)cc1. The van der Waals surface area contributed by atoms with Crippen LogP contribution in [0.1, 0.15) is 74.2 Å². The Bertz CT molecular complexity index is 1440. The predicted octanol–water partition coefficient (Wildman–Crippen LogP) is 6.92. The molecule has 1 atom stereocenters. The van der Waals surface area contributed by atoms with Crippen molar-refractivity contribution in [1.29, 1.82) is 0 Å². The van der Waals surface area contributed by atoms with Crippen LogP contribution < -0.4 is 4.74 Å². The molecule has 5 rings (SSSR count). The molecule has 1 unspecified atom stereocenters. The lowest BCUT2D eigenvalue weighted by molar-refractivity contribution is -0.162. The molecule has 6 heteroatoms. The van der Waals surface area contributed by atoms with Crippen LogP contribution in [0.4, 0.5) is 0 Å². The number of carbonyl (C=O) groups excluding carboxylic acids is 1. The quantitative estimate of drug-likeness (QED) is 0.266. The second kappa shape index (κ2) is 10.4. The van der Waals surface area contributed by atoms with Gasteiger partial charge in [0.2, 0.25) is 0 Å². The highest BCUT2D eigenvalue weighted by atomic mass is 16.5. The number of nitrogens with zero attached hydrogens (tertiary/aromatic N) is 2. The van der Waals surface area contributed by atoms with Gasteiger partial charge in [-0.25, -0.2) is 4.68 Å². The second-order valence-electron chi connectivity index (χ2n) is 11.5. The van der Waals surface area contributed by atoms with Gasteiger partial charge < -0.3 is 14.6 Å². The Labute approximate surface area is 230 Å². The fraction of sp³-hybridized carbons (Fsp3) is 0.333. The van der Waals surface area contributed by atoms with E-state index >= 15 is 0 Å². The minimum Gasteiger partial charge on any atom is -0.494 e. The van der Waals surface area contributed by atoms with Gasteiger partial charge in [0.25, 0.3) is 0 Å². The maximum atomic E-state index is 13.0. The lowest BCUT2D eigenvalue weighted by Crippen LogP contribution is -2.44. The van der Waals surface area contributed by atoms with Crippen LogP contribution in [0.15, 0.2) is 84.9 Å². The summed E-state index contributed by atoms with van der Waals surface area (Å²) >= 11 is 0. The summed E-state index contributed by atoms with van der Waals surface area (Å²) < 4.78 is 13.9. The largest absolute Gasteiger partial charge is 0.494 e. The number of para-hydroxylation sites is 2. The highest BCUT2D eigenvalue weighted by Crippen LogP contribution is 2.44. The predicted molar refractivity (Wildman–Crippen MR) is 153 cm³/mol. The first-order valence-electron chi connectivity index (χ1n) is 13.4. The van der Waals surface area contributed by atoms with Gasteiger partial charge in [0, 0.05) is 17.0 Å². The lowest BCUT2D eigenvalue weighted by atomic mass is 9.79. The highest BCUT2D eigenvalue weighted by molar-refractivity contribution is 6.00. The van der Waals surface area contributed by atoms with Crippen LogP contribution in [0.2, 0.25) is 0 Å². The molecular formula is C33H36N2O4. The number of ether oxygens (including phenoxy) is 2. The summed E-state index contributed by atoms with van der Waals surface area (Å²) in [6.45, 7) is 8.55. The van der Waals surface area contributed by atoms with Crippen LogP contribution in [-0.2, 0) is 4.74 Å². The molecule has 0 spiro atoms. The number of ketones is 1. The minimum atomic E-state index is -1.21. The smallest absolute Gasteiger partial charge is 0.195 e. The van der Waals surface area contributed by atoms with E-state index in [1.165, 1.54) is 0 Å². The Morgan fingerprint density at radius 1 is 0.949 bits per heavy atom. The van der Waals surface area contributed by atoms with Crippen molar-refractivity contribution in [2.24, 2.45) is 0 Å². The van der Waals surface area contributed by atoms with E-state index in [4.69, 9.17) is 14.6 Å². The maximum absolute atomic E-state index is 13.0. The molecule has 0 aliphatic carbocycles. The van der Waals surface area contributed by atoms with Crippen molar-refractivity contribution < 1.29 is 19.4 Å². The number of rotatable bonds is 7. The molecule has 1 aliphatic heterocycles. The van der Waals surface area contributed by atoms with Crippen LogP contribution in [0.5, 0.6) is 5.75 Å². The van der Waals surface area contributed by atoms with E-state index in [9.17, 15) is 9.90 Å². The van der Waals surface area contributed by atoms with E-state index < -0.39 is 6.10 Å². The molecule has 1 saturated heterocycles. The third kappa shape index (κ3) is 5.68. The number of hydrogen-bond donors (Lipinski definition) is 1. The topological polar surface area (TPSA) is 73.6 Å². The zero-order valence-corrected chi connectivity index (χ0v) is 23.2. The zero-order valence-electron chi connectivity index (χ0n) is 23.2. The Morgan fingerprint density at radius 2 is 1.56 bits per heavy atom. The summed E-state index contributed by atoms with van der Waals surface area (Å²) in [5, 5.41) is 15.7. The number of aliphatic hydroxyl groups is 1. The van der Waals surface area contributed by atoms with Crippen molar-refractivity contribution in [1.82, 2.24) is 9.78 Å². The second-order valence-corrected chi connectivity index (χ2v) is 11.5. The molecule has 1 N–H and O–H groups in total. The number of hydrogen-bond acceptors (Lipinski definition) is 5. The maximum Gasteiger partial charge on any atom is 0.195 e. The minimum absolute atomic E-state index is 0.223. The van der Waals surface area contributed by atoms with Crippen LogP contribution in [0, 0.1) is 0 Å². The first-order chi connectivity index (χ1) is 18.6. The highest BCUT2D eigenvalue weighted by Gasteiger charge is 2.41. The summed E-state index contributed by atoms with van der Waals surface area (Å²) in [5.74, 6) is 0.609. The van der Waals surface area contributed by atoms with Crippen molar-refractivity contribution >= 4 is 5.78 Å². The molecule has 3 aromatic carbocycles. The first kappa shape index (κ1) is 26.9. The Balaban J connectivity index is 1.54. The van der Waals surface area contributed by atoms with Crippen molar-refractivity contribution in [2.45, 2.75) is 63.8 Å². The van der Waals surface area contributed by atoms with Crippen LogP contribution in [0.25, 0.3) is 16.9 Å². The van der Waals surface area contributed by atoms with Crippen molar-refractivity contribution in [3.05, 3.63) is 102 Å². The molecule has 1 fully saturated rings. The molecule has 202 valence electrons. The number of Topliss-reactive ketones (excluding diaryl/α,β-unsaturated/α-hetero) is 1. The molecule has 2 heterocycles. The molecule has 6 nitrogen and oxygen atoms in total. The van der Waals surface area contributed by atoms with Crippen molar-refractivity contribution in [2.75, 3.05) is 7.11 Å². The van der Waals surface area contributed by atoms with Gasteiger partial charge in [-0.05, 0) is 64.3 Å². The number of benzene rings is 3. The molecule has 39 heavy (non-hydrogen) atoms. The lowest BCUT2D eigenvalue weighted by Gasteiger charge is -2.45. The van der Waals surface area contributed by atoms with Gasteiger partial charge in [-0.2, -0.15) is 5.10 Å². The summed E-state index contributed by atoms with van der Waals surface area (Å²) in [5.41, 5.74) is 4.16. The van der Waals surface area contributed by atoms with Gasteiger partial charge in [-0.15, -0.1) is 0 Å². The molecule has 1 aliphatic rings. The van der Waals surface area contributed by atoms with Crippen LogP contribution >= 0.6 is 0 Å². The van der Waals surface area contributed by atoms with Gasteiger partial charge in [0.1, 0.15) is 17.5 Å². The van der Waals surface area contributed by atoms with Gasteiger partial charge in [0.05, 0.1) is 29.7 Å². The van der Waals surface area contributed by atoms with E-state index in [-0.39, 0.29) is 22.9 Å². The Kier molecular flexibility index (Phi) is 7.19. The van der Waals surface area contributed by atoms with E-state index in [1.807, 2.05) is 59.3 Å².